The summed E-state index contributed by atoms with van der Waals surface area (Å²) >= 11 is 0. The lowest BCUT2D eigenvalue weighted by Gasteiger charge is -2.61. The van der Waals surface area contributed by atoms with Gasteiger partial charge in [-0.25, -0.2) is 0 Å². The van der Waals surface area contributed by atoms with Crippen LogP contribution in [0, 0.1) is 41.4 Å². The highest BCUT2D eigenvalue weighted by Gasteiger charge is 2.62. The van der Waals surface area contributed by atoms with Gasteiger partial charge < -0.3 is 4.90 Å². The van der Waals surface area contributed by atoms with Crippen LogP contribution in [0.1, 0.15) is 99.8 Å². The summed E-state index contributed by atoms with van der Waals surface area (Å²) in [6, 6.07) is 50.6. The van der Waals surface area contributed by atoms with Gasteiger partial charge in [-0.05, 0) is 173 Å². The Morgan fingerprint density at radius 3 is 1.93 bits per heavy atom. The molecule has 6 aromatic carbocycles. The van der Waals surface area contributed by atoms with E-state index in [0.717, 1.165) is 29.6 Å². The quantitative estimate of drug-likeness (QED) is 0.175. The van der Waals surface area contributed by atoms with E-state index in [0.29, 0.717) is 11.8 Å². The minimum absolute atomic E-state index is 0.0887. The predicted molar refractivity (Wildman–Crippen MR) is 232 cm³/mol. The number of hydrogen-bond acceptors (Lipinski definition) is 1. The highest BCUT2D eigenvalue weighted by atomic mass is 15.1. The monoisotopic (exact) mass is 727 g/mol. The summed E-state index contributed by atoms with van der Waals surface area (Å²) in [5.74, 6) is 5.72. The molecule has 8 aliphatic carbocycles. The van der Waals surface area contributed by atoms with Gasteiger partial charge in [-0.3, -0.25) is 0 Å². The Hall–Kier alpha value is -4.62. The summed E-state index contributed by atoms with van der Waals surface area (Å²) in [7, 11) is 0. The largest absolute Gasteiger partial charge is 0.310 e. The third-order valence-corrected chi connectivity index (χ3v) is 17.3. The molecular weight excluding hydrogens is 675 g/mol. The van der Waals surface area contributed by atoms with Crippen molar-refractivity contribution < 1.29 is 0 Å². The van der Waals surface area contributed by atoms with Gasteiger partial charge >= 0.3 is 0 Å². The van der Waals surface area contributed by atoms with E-state index in [1.54, 1.807) is 22.3 Å². The molecule has 0 N–H and O–H groups in total. The number of nitrogens with zero attached hydrogens (tertiary/aromatic N) is 1. The van der Waals surface area contributed by atoms with Gasteiger partial charge in [-0.1, -0.05) is 123 Å². The summed E-state index contributed by atoms with van der Waals surface area (Å²) in [4.78, 5) is 2.67. The van der Waals surface area contributed by atoms with Crippen molar-refractivity contribution in [2.45, 2.75) is 88.4 Å². The van der Waals surface area contributed by atoms with E-state index in [1.165, 1.54) is 121 Å². The first-order chi connectivity index (χ1) is 27.7. The van der Waals surface area contributed by atoms with Crippen molar-refractivity contribution in [2.24, 2.45) is 41.4 Å². The standard InChI is InChI=1S/C55H53N/c1-2-39-26-34-11-9-14-40(27-34)54(39)49-18-8-6-16-46(49)53-51(54)19-10-20-52(53)56(43-22-21-37-12-3-4-13-38(37)32-43)44-23-24-50-47(33-44)45-15-5-7-17-48(45)55(50)41-28-35-25-36(30-41)31-42(55)29-35/h3-8,10,12-13,15-24,32-36,39-42H,2,9,11,14,25-31H2,1H3. The van der Waals surface area contributed by atoms with Crippen LogP contribution >= 0.6 is 0 Å². The second-order valence-corrected chi connectivity index (χ2v) is 19.5. The van der Waals surface area contributed by atoms with Crippen LogP contribution in [0.4, 0.5) is 17.1 Å². The molecule has 14 rings (SSSR count). The lowest BCUT2D eigenvalue weighted by molar-refractivity contribution is -0.0399. The summed E-state index contributed by atoms with van der Waals surface area (Å²) in [5, 5.41) is 2.59. The minimum Gasteiger partial charge on any atom is -0.310 e. The number of benzene rings is 6. The molecule has 0 radical (unpaired) electrons. The molecular formula is C55H53N. The van der Waals surface area contributed by atoms with E-state index >= 15 is 0 Å². The lowest BCUT2D eigenvalue weighted by atomic mass is 9.43. The maximum atomic E-state index is 2.67. The van der Waals surface area contributed by atoms with Crippen molar-refractivity contribution in [3.63, 3.8) is 0 Å². The van der Waals surface area contributed by atoms with Crippen LogP contribution in [0.25, 0.3) is 33.0 Å². The lowest BCUT2D eigenvalue weighted by Crippen LogP contribution is -2.55. The molecule has 1 nitrogen and oxygen atoms in total. The fourth-order valence-electron chi connectivity index (χ4n) is 15.8. The molecule has 4 unspecified atom stereocenters. The molecule has 6 bridgehead atoms. The van der Waals surface area contributed by atoms with Crippen molar-refractivity contribution >= 4 is 27.8 Å². The average Bonchev–Trinajstić information content (AvgIpc) is 3.70. The van der Waals surface area contributed by atoms with Gasteiger partial charge in [0.05, 0.1) is 5.69 Å². The highest BCUT2D eigenvalue weighted by molar-refractivity contribution is 5.98. The molecule has 0 aliphatic heterocycles. The van der Waals surface area contributed by atoms with E-state index in [9.17, 15) is 0 Å². The molecule has 0 saturated heterocycles. The normalized spacial score (nSPS) is 32.4. The van der Waals surface area contributed by atoms with Crippen molar-refractivity contribution in [3.05, 3.63) is 150 Å². The molecule has 0 heterocycles. The van der Waals surface area contributed by atoms with Crippen LogP contribution in [0.15, 0.2) is 127 Å². The smallest absolute Gasteiger partial charge is 0.0543 e. The molecule has 8 aliphatic rings. The SMILES string of the molecule is CCC1CC2CCCC(C2)C12c1ccccc1-c1c(N(c3ccc4c(c3)-c3ccccc3C43C4CC5CC(C4)CC3C5)c3ccc4ccccc4c3)cccc12. The zero-order valence-electron chi connectivity index (χ0n) is 32.9. The fraction of sp³-hybridized carbons (Fsp3) is 0.382. The Morgan fingerprint density at radius 2 is 1.12 bits per heavy atom. The summed E-state index contributed by atoms with van der Waals surface area (Å²) in [6.07, 6.45) is 15.3. The Balaban J connectivity index is 1.06. The summed E-state index contributed by atoms with van der Waals surface area (Å²) in [5.41, 5.74) is 16.6. The van der Waals surface area contributed by atoms with Crippen molar-refractivity contribution in [2.75, 3.05) is 4.90 Å². The van der Waals surface area contributed by atoms with Crippen LogP contribution in [-0.2, 0) is 10.8 Å². The molecule has 0 aromatic heterocycles. The van der Waals surface area contributed by atoms with Crippen LogP contribution in [0.3, 0.4) is 0 Å². The molecule has 6 fully saturated rings. The zero-order valence-corrected chi connectivity index (χ0v) is 32.9. The molecule has 1 heteroatoms. The van der Waals surface area contributed by atoms with Gasteiger partial charge in [0.2, 0.25) is 0 Å². The Morgan fingerprint density at radius 1 is 0.482 bits per heavy atom. The molecule has 6 saturated carbocycles. The van der Waals surface area contributed by atoms with Gasteiger partial charge in [-0.15, -0.1) is 0 Å². The molecule has 278 valence electrons. The van der Waals surface area contributed by atoms with Crippen LogP contribution < -0.4 is 4.90 Å². The van der Waals surface area contributed by atoms with Crippen LogP contribution in [-0.4, -0.2) is 0 Å². The summed E-state index contributed by atoms with van der Waals surface area (Å²) in [6.45, 7) is 2.48. The van der Waals surface area contributed by atoms with Crippen molar-refractivity contribution in [1.29, 1.82) is 0 Å². The molecule has 2 spiro atoms. The van der Waals surface area contributed by atoms with E-state index < -0.39 is 0 Å². The highest BCUT2D eigenvalue weighted by Crippen LogP contribution is 2.70. The van der Waals surface area contributed by atoms with E-state index in [1.807, 2.05) is 0 Å². The van der Waals surface area contributed by atoms with Gasteiger partial charge in [0.15, 0.2) is 0 Å². The fourth-order valence-corrected chi connectivity index (χ4v) is 15.8. The number of rotatable bonds is 4. The van der Waals surface area contributed by atoms with Crippen molar-refractivity contribution in [3.8, 4) is 22.3 Å². The first-order valence-corrected chi connectivity index (χ1v) is 22.4. The molecule has 0 amide bonds. The van der Waals surface area contributed by atoms with Gasteiger partial charge in [0, 0.05) is 27.8 Å². The number of fused-ring (bicyclic) bond motifs is 12. The van der Waals surface area contributed by atoms with Crippen LogP contribution in [0.2, 0.25) is 0 Å². The predicted octanol–water partition coefficient (Wildman–Crippen LogP) is 14.5. The molecule has 56 heavy (non-hydrogen) atoms. The third-order valence-electron chi connectivity index (χ3n) is 17.3. The Labute approximate surface area is 333 Å². The topological polar surface area (TPSA) is 3.24 Å². The van der Waals surface area contributed by atoms with Crippen molar-refractivity contribution in [1.82, 2.24) is 0 Å². The first-order valence-electron chi connectivity index (χ1n) is 22.4. The number of hydrogen-bond donors (Lipinski definition) is 0. The van der Waals surface area contributed by atoms with E-state index in [4.69, 9.17) is 0 Å². The minimum atomic E-state index is 0.0887. The van der Waals surface area contributed by atoms with E-state index in [2.05, 4.69) is 139 Å². The summed E-state index contributed by atoms with van der Waals surface area (Å²) < 4.78 is 0. The molecule has 6 aromatic rings. The maximum Gasteiger partial charge on any atom is 0.0543 e. The molecule has 4 atom stereocenters. The van der Waals surface area contributed by atoms with Gasteiger partial charge in [0.25, 0.3) is 0 Å². The average molecular weight is 728 g/mol. The van der Waals surface area contributed by atoms with E-state index in [-0.39, 0.29) is 10.8 Å². The van der Waals surface area contributed by atoms with Crippen LogP contribution in [0.5, 0.6) is 0 Å². The van der Waals surface area contributed by atoms with Gasteiger partial charge in [0.1, 0.15) is 0 Å². The maximum absolute atomic E-state index is 2.67. The van der Waals surface area contributed by atoms with Gasteiger partial charge in [-0.2, -0.15) is 0 Å². The number of anilines is 3. The second kappa shape index (κ2) is 11.7. The first kappa shape index (κ1) is 32.5. The Kier molecular flexibility index (Phi) is 6.79. The second-order valence-electron chi connectivity index (χ2n) is 19.5. The third kappa shape index (κ3) is 4.08. The zero-order chi connectivity index (χ0) is 36.8. The Bertz CT molecular complexity index is 2540.